The molecular formula is C14H25N5. The minimum atomic E-state index is -0.0938. The van der Waals surface area contributed by atoms with Crippen molar-refractivity contribution < 1.29 is 0 Å². The summed E-state index contributed by atoms with van der Waals surface area (Å²) < 4.78 is 0. The fourth-order valence-corrected chi connectivity index (χ4v) is 2.18. The maximum atomic E-state index is 5.56. The first-order chi connectivity index (χ1) is 8.86. The van der Waals surface area contributed by atoms with E-state index in [2.05, 4.69) is 48.4 Å². The Morgan fingerprint density at radius 1 is 1.26 bits per heavy atom. The summed E-state index contributed by atoms with van der Waals surface area (Å²) in [4.78, 5) is 9.19. The van der Waals surface area contributed by atoms with Crippen molar-refractivity contribution in [2.75, 3.05) is 10.7 Å². The fraction of sp³-hybridized carbons (Fsp3) is 0.714. The zero-order valence-corrected chi connectivity index (χ0v) is 12.5. The maximum absolute atomic E-state index is 5.56. The lowest BCUT2D eigenvalue weighted by Crippen LogP contribution is -2.22. The lowest BCUT2D eigenvalue weighted by Gasteiger charge is -2.20. The third-order valence-corrected chi connectivity index (χ3v) is 3.72. The highest BCUT2D eigenvalue weighted by Gasteiger charge is 2.36. The Balaban J connectivity index is 2.30. The van der Waals surface area contributed by atoms with Crippen LogP contribution in [-0.2, 0) is 5.41 Å². The summed E-state index contributed by atoms with van der Waals surface area (Å²) in [5.74, 6) is 8.77. The van der Waals surface area contributed by atoms with Crippen molar-refractivity contribution in [2.24, 2.45) is 11.8 Å². The number of hydrazine groups is 1. The smallest absolute Gasteiger partial charge is 0.148 e. The molecule has 0 radical (unpaired) electrons. The van der Waals surface area contributed by atoms with Crippen LogP contribution in [-0.4, -0.2) is 16.0 Å². The van der Waals surface area contributed by atoms with Gasteiger partial charge >= 0.3 is 0 Å². The third kappa shape index (κ3) is 2.97. The first kappa shape index (κ1) is 14.1. The summed E-state index contributed by atoms with van der Waals surface area (Å²) in [6, 6.07) is 0.553. The van der Waals surface area contributed by atoms with Crippen molar-refractivity contribution in [2.45, 2.75) is 58.9 Å². The van der Waals surface area contributed by atoms with Crippen molar-refractivity contribution in [3.63, 3.8) is 0 Å². The van der Waals surface area contributed by atoms with E-state index in [9.17, 15) is 0 Å². The van der Waals surface area contributed by atoms with Gasteiger partial charge in [-0.3, -0.25) is 0 Å². The number of anilines is 2. The molecule has 1 aromatic rings. The zero-order chi connectivity index (χ0) is 14.2. The van der Waals surface area contributed by atoms with E-state index >= 15 is 0 Å². The second kappa shape index (κ2) is 4.96. The molecular weight excluding hydrogens is 238 g/mol. The van der Waals surface area contributed by atoms with Crippen LogP contribution >= 0.6 is 0 Å². The lowest BCUT2D eigenvalue weighted by atomic mass is 9.95. The Morgan fingerprint density at radius 3 is 2.37 bits per heavy atom. The van der Waals surface area contributed by atoms with Crippen LogP contribution in [0.15, 0.2) is 0 Å². The van der Waals surface area contributed by atoms with E-state index in [4.69, 9.17) is 5.84 Å². The minimum Gasteiger partial charge on any atom is -0.367 e. The van der Waals surface area contributed by atoms with Crippen molar-refractivity contribution in [3.8, 4) is 0 Å². The Labute approximate surface area is 115 Å². The molecule has 0 spiro atoms. The molecule has 1 aromatic heterocycles. The molecule has 106 valence electrons. The number of nitrogens with one attached hydrogen (secondary N) is 2. The number of hydrogen-bond donors (Lipinski definition) is 3. The molecule has 0 aromatic carbocycles. The summed E-state index contributed by atoms with van der Waals surface area (Å²) in [6.45, 7) is 10.5. The molecule has 5 heteroatoms. The number of nitrogen functional groups attached to an aromatic ring is 1. The van der Waals surface area contributed by atoms with Gasteiger partial charge in [0.1, 0.15) is 17.5 Å². The van der Waals surface area contributed by atoms with Gasteiger partial charge in [0.15, 0.2) is 0 Å². The second-order valence-electron chi connectivity index (χ2n) is 6.42. The average Bonchev–Trinajstić information content (AvgIpc) is 3.08. The largest absolute Gasteiger partial charge is 0.367 e. The van der Waals surface area contributed by atoms with Crippen molar-refractivity contribution in [1.29, 1.82) is 0 Å². The van der Waals surface area contributed by atoms with Gasteiger partial charge in [-0.2, -0.15) is 0 Å². The number of nitrogens with zero attached hydrogens (tertiary/aromatic N) is 2. The molecule has 0 amide bonds. The summed E-state index contributed by atoms with van der Waals surface area (Å²) >= 11 is 0. The Kier molecular flexibility index (Phi) is 3.67. The highest BCUT2D eigenvalue weighted by atomic mass is 15.3. The van der Waals surface area contributed by atoms with Crippen LogP contribution < -0.4 is 16.6 Å². The van der Waals surface area contributed by atoms with Crippen molar-refractivity contribution >= 4 is 11.6 Å². The fourth-order valence-electron chi connectivity index (χ4n) is 2.18. The second-order valence-corrected chi connectivity index (χ2v) is 6.42. The van der Waals surface area contributed by atoms with Crippen LogP contribution in [0.4, 0.5) is 11.6 Å². The van der Waals surface area contributed by atoms with E-state index in [0.717, 1.165) is 23.1 Å². The van der Waals surface area contributed by atoms with Gasteiger partial charge in [0.2, 0.25) is 0 Å². The summed E-state index contributed by atoms with van der Waals surface area (Å²) in [5, 5.41) is 3.53. The normalized spacial score (nSPS) is 22.2. The topological polar surface area (TPSA) is 75.9 Å². The molecule has 0 saturated heterocycles. The molecule has 2 unspecified atom stereocenters. The van der Waals surface area contributed by atoms with Gasteiger partial charge in [0.05, 0.1) is 0 Å². The molecule has 1 fully saturated rings. The van der Waals surface area contributed by atoms with Crippen LogP contribution in [0.1, 0.15) is 51.9 Å². The number of aromatic nitrogens is 2. The van der Waals surface area contributed by atoms with Gasteiger partial charge in [-0.05, 0) is 19.3 Å². The third-order valence-electron chi connectivity index (χ3n) is 3.72. The number of rotatable bonds is 4. The predicted molar refractivity (Wildman–Crippen MR) is 79.1 cm³/mol. The summed E-state index contributed by atoms with van der Waals surface area (Å²) in [5.41, 5.74) is 3.57. The van der Waals surface area contributed by atoms with Crippen LogP contribution in [0.5, 0.6) is 0 Å². The Bertz CT molecular complexity index is 464. The van der Waals surface area contributed by atoms with E-state index in [1.165, 1.54) is 12.8 Å². The quantitative estimate of drug-likeness (QED) is 0.575. The molecule has 2 rings (SSSR count). The van der Waals surface area contributed by atoms with Gasteiger partial charge in [-0.1, -0.05) is 34.1 Å². The number of nitrogens with two attached hydrogens (primary N) is 1. The first-order valence-corrected chi connectivity index (χ1v) is 6.99. The lowest BCUT2D eigenvalue weighted by molar-refractivity contribution is 0.546. The monoisotopic (exact) mass is 263 g/mol. The van der Waals surface area contributed by atoms with Gasteiger partial charge < -0.3 is 10.7 Å². The molecule has 1 heterocycles. The molecule has 5 nitrogen and oxygen atoms in total. The Morgan fingerprint density at radius 2 is 1.89 bits per heavy atom. The van der Waals surface area contributed by atoms with E-state index in [-0.39, 0.29) is 5.41 Å². The van der Waals surface area contributed by atoms with Crippen LogP contribution in [0, 0.1) is 12.8 Å². The highest BCUT2D eigenvalue weighted by Crippen LogP contribution is 2.37. The van der Waals surface area contributed by atoms with Crippen LogP contribution in [0.2, 0.25) is 0 Å². The van der Waals surface area contributed by atoms with Gasteiger partial charge in [0, 0.05) is 17.0 Å². The summed E-state index contributed by atoms with van der Waals surface area (Å²) in [6.07, 6.45) is 2.45. The van der Waals surface area contributed by atoms with E-state index < -0.39 is 0 Å². The molecule has 0 aliphatic heterocycles. The number of hydrogen-bond acceptors (Lipinski definition) is 5. The Hall–Kier alpha value is -1.36. The van der Waals surface area contributed by atoms with Crippen LogP contribution in [0.25, 0.3) is 0 Å². The standard InChI is InChI=1S/C14H25N5/c1-6-9-7-10(9)16-11-8(2)12(19-15)18-13(17-11)14(3,4)5/h9-10H,6-7,15H2,1-5H3,(H2,16,17,18,19). The predicted octanol–water partition coefficient (Wildman–Crippen LogP) is 2.58. The molecule has 0 bridgehead atoms. The maximum Gasteiger partial charge on any atom is 0.148 e. The van der Waals surface area contributed by atoms with E-state index in [0.29, 0.717) is 11.9 Å². The molecule has 1 aliphatic carbocycles. The molecule has 19 heavy (non-hydrogen) atoms. The average molecular weight is 263 g/mol. The van der Waals surface area contributed by atoms with E-state index in [1.54, 1.807) is 0 Å². The minimum absolute atomic E-state index is 0.0938. The molecule has 4 N–H and O–H groups in total. The van der Waals surface area contributed by atoms with Crippen molar-refractivity contribution in [1.82, 2.24) is 9.97 Å². The SMILES string of the molecule is CCC1CC1Nc1nc(C(C)(C)C)nc(NN)c1C. The van der Waals surface area contributed by atoms with E-state index in [1.807, 2.05) is 6.92 Å². The van der Waals surface area contributed by atoms with Crippen molar-refractivity contribution in [3.05, 3.63) is 11.4 Å². The van der Waals surface area contributed by atoms with Crippen LogP contribution in [0.3, 0.4) is 0 Å². The molecule has 2 atom stereocenters. The molecule has 1 saturated carbocycles. The first-order valence-electron chi connectivity index (χ1n) is 6.99. The molecule has 1 aliphatic rings. The van der Waals surface area contributed by atoms with Gasteiger partial charge in [-0.25, -0.2) is 15.8 Å². The van der Waals surface area contributed by atoms with Gasteiger partial charge in [-0.15, -0.1) is 0 Å². The highest BCUT2D eigenvalue weighted by molar-refractivity contribution is 5.58. The van der Waals surface area contributed by atoms with Gasteiger partial charge in [0.25, 0.3) is 0 Å². The summed E-state index contributed by atoms with van der Waals surface area (Å²) in [7, 11) is 0. The zero-order valence-electron chi connectivity index (χ0n) is 12.5.